The lowest BCUT2D eigenvalue weighted by molar-refractivity contribution is 0.162. The maximum absolute atomic E-state index is 5.73. The van der Waals surface area contributed by atoms with Crippen molar-refractivity contribution in [3.63, 3.8) is 0 Å². The molecule has 0 spiro atoms. The largest absolute Gasteiger partial charge is 0.363 e. The van der Waals surface area contributed by atoms with E-state index >= 15 is 0 Å². The van der Waals surface area contributed by atoms with E-state index < -0.39 is 0 Å². The second-order valence-electron chi connectivity index (χ2n) is 8.41. The molecule has 2 heterocycles. The molecule has 2 aromatic rings. The smallest absolute Gasteiger partial charge is 0.109 e. The minimum atomic E-state index is 0.548. The number of fused-ring (bicyclic) bond motifs is 2. The molecule has 0 unspecified atom stereocenters. The van der Waals surface area contributed by atoms with Crippen LogP contribution in [0.2, 0.25) is 0 Å². The van der Waals surface area contributed by atoms with Crippen LogP contribution in [0.5, 0.6) is 0 Å². The number of nitrogens with zero attached hydrogens (tertiary/aromatic N) is 3. The zero-order valence-electron chi connectivity index (χ0n) is 17.9. The summed E-state index contributed by atoms with van der Waals surface area (Å²) in [4.78, 5) is 8.38. The van der Waals surface area contributed by atoms with Crippen molar-refractivity contribution in [3.05, 3.63) is 60.2 Å². The van der Waals surface area contributed by atoms with Crippen molar-refractivity contribution >= 4 is 28.6 Å². The number of anilines is 2. The van der Waals surface area contributed by atoms with Gasteiger partial charge in [-0.3, -0.25) is 0 Å². The number of benzene rings is 2. The molecule has 2 fully saturated rings. The Kier molecular flexibility index (Phi) is 6.21. The third-order valence-electron chi connectivity index (χ3n) is 6.92. The molecule has 2 aliphatic rings. The maximum atomic E-state index is 5.73. The fourth-order valence-corrected chi connectivity index (χ4v) is 5.61. The molecule has 4 rings (SSSR count). The molecule has 3 atom stereocenters. The summed E-state index contributed by atoms with van der Waals surface area (Å²) in [5.41, 5.74) is 3.71. The van der Waals surface area contributed by atoms with Crippen LogP contribution in [0.15, 0.2) is 54.6 Å². The van der Waals surface area contributed by atoms with E-state index in [9.17, 15) is 0 Å². The lowest BCUT2D eigenvalue weighted by Gasteiger charge is -2.43. The van der Waals surface area contributed by atoms with E-state index in [4.69, 9.17) is 12.2 Å². The highest BCUT2D eigenvalue weighted by Crippen LogP contribution is 2.40. The van der Waals surface area contributed by atoms with Crippen LogP contribution in [0.3, 0.4) is 0 Å². The Labute approximate surface area is 181 Å². The fraction of sp³-hybridized carbons (Fsp3) is 0.480. The van der Waals surface area contributed by atoms with Crippen molar-refractivity contribution in [2.45, 2.75) is 57.7 Å². The second-order valence-corrected chi connectivity index (χ2v) is 8.79. The molecule has 4 heteroatoms. The molecule has 2 bridgehead atoms. The number of para-hydroxylation sites is 1. The van der Waals surface area contributed by atoms with Crippen molar-refractivity contribution in [2.75, 3.05) is 25.0 Å². The highest BCUT2D eigenvalue weighted by Gasteiger charge is 2.40. The van der Waals surface area contributed by atoms with Crippen LogP contribution in [-0.2, 0) is 0 Å². The average molecular weight is 408 g/mol. The Hall–Kier alpha value is -1.91. The number of piperidine rings is 1. The van der Waals surface area contributed by atoms with Gasteiger partial charge in [0.05, 0.1) is 0 Å². The van der Waals surface area contributed by atoms with Crippen molar-refractivity contribution < 1.29 is 0 Å². The molecule has 2 saturated heterocycles. The molecule has 2 aromatic carbocycles. The molecule has 29 heavy (non-hydrogen) atoms. The summed E-state index contributed by atoms with van der Waals surface area (Å²) in [6.07, 6.45) is 5.16. The minimum absolute atomic E-state index is 0.548. The summed E-state index contributed by atoms with van der Waals surface area (Å²) in [6, 6.07) is 21.8. The highest BCUT2D eigenvalue weighted by molar-refractivity contribution is 7.80. The van der Waals surface area contributed by atoms with E-state index in [2.05, 4.69) is 90.2 Å². The van der Waals surface area contributed by atoms with E-state index in [1.165, 1.54) is 37.1 Å². The van der Waals surface area contributed by atoms with Crippen LogP contribution < -0.4 is 4.90 Å². The third kappa shape index (κ3) is 4.06. The van der Waals surface area contributed by atoms with E-state index in [-0.39, 0.29) is 0 Å². The number of hydrogen-bond donors (Lipinski definition) is 0. The molecule has 0 saturated carbocycles. The molecular weight excluding hydrogens is 374 g/mol. The van der Waals surface area contributed by atoms with E-state index in [0.29, 0.717) is 6.04 Å². The third-order valence-corrected chi connectivity index (χ3v) is 7.41. The minimum Gasteiger partial charge on any atom is -0.363 e. The van der Waals surface area contributed by atoms with E-state index in [0.717, 1.165) is 35.7 Å². The molecule has 0 radical (unpaired) electrons. The quantitative estimate of drug-likeness (QED) is 0.587. The molecule has 0 aliphatic carbocycles. The number of hydrogen-bond acceptors (Lipinski definition) is 3. The summed E-state index contributed by atoms with van der Waals surface area (Å²) >= 11 is 5.73. The van der Waals surface area contributed by atoms with E-state index in [1.807, 2.05) is 0 Å². The monoisotopic (exact) mass is 407 g/mol. The molecule has 3 nitrogen and oxygen atoms in total. The summed E-state index contributed by atoms with van der Waals surface area (Å²) in [6.45, 7) is 6.22. The standard InChI is InChI=1S/C25H33N3S/c1-4-27(5-2)25(29)19-11-13-21(14-12-19)28(20-9-7-6-8-10-20)24-17-22-15-16-23(18-24)26(22)3/h6-14,22-24H,4-5,15-18H2,1-3H3/t22-,23+,24+. The molecular formula is C25H33N3S. The van der Waals surface area contributed by atoms with Gasteiger partial charge in [0, 0.05) is 48.2 Å². The Morgan fingerprint density at radius 2 is 1.45 bits per heavy atom. The van der Waals surface area contributed by atoms with Gasteiger partial charge < -0.3 is 14.7 Å². The average Bonchev–Trinajstić information content (AvgIpc) is 2.96. The Balaban J connectivity index is 1.63. The fourth-order valence-electron chi connectivity index (χ4n) is 5.21. The molecule has 0 aromatic heterocycles. The van der Waals surface area contributed by atoms with Gasteiger partial charge in [0.2, 0.25) is 0 Å². The number of rotatable bonds is 6. The first kappa shape index (κ1) is 20.4. The lowest BCUT2D eigenvalue weighted by Crippen LogP contribution is -2.47. The summed E-state index contributed by atoms with van der Waals surface area (Å²) < 4.78 is 0. The lowest BCUT2D eigenvalue weighted by atomic mass is 9.95. The van der Waals surface area contributed by atoms with Gasteiger partial charge in [0.25, 0.3) is 0 Å². The summed E-state index contributed by atoms with van der Waals surface area (Å²) in [5, 5.41) is 0. The van der Waals surface area contributed by atoms with Gasteiger partial charge in [-0.2, -0.15) is 0 Å². The van der Waals surface area contributed by atoms with Crippen LogP contribution in [0, 0.1) is 0 Å². The van der Waals surface area contributed by atoms with Gasteiger partial charge in [0.1, 0.15) is 4.99 Å². The van der Waals surface area contributed by atoms with Gasteiger partial charge in [-0.15, -0.1) is 0 Å². The van der Waals surface area contributed by atoms with Crippen LogP contribution >= 0.6 is 12.2 Å². The van der Waals surface area contributed by atoms with Crippen molar-refractivity contribution in [1.29, 1.82) is 0 Å². The zero-order valence-corrected chi connectivity index (χ0v) is 18.7. The second kappa shape index (κ2) is 8.85. The van der Waals surface area contributed by atoms with Crippen molar-refractivity contribution in [2.24, 2.45) is 0 Å². The zero-order chi connectivity index (χ0) is 20.4. The van der Waals surface area contributed by atoms with Crippen molar-refractivity contribution in [1.82, 2.24) is 9.80 Å². The van der Waals surface area contributed by atoms with Crippen molar-refractivity contribution in [3.8, 4) is 0 Å². The SMILES string of the molecule is CCN(CC)C(=S)c1ccc(N(c2ccccc2)[C@H]2C[C@H]3CC[C@@H](C2)N3C)cc1. The first-order chi connectivity index (χ1) is 14.1. The topological polar surface area (TPSA) is 9.72 Å². The van der Waals surface area contributed by atoms with Gasteiger partial charge in [-0.25, -0.2) is 0 Å². The predicted octanol–water partition coefficient (Wildman–Crippen LogP) is 5.47. The molecule has 2 aliphatic heterocycles. The van der Waals surface area contributed by atoms with Crippen LogP contribution in [-0.4, -0.2) is 53.1 Å². The van der Waals surface area contributed by atoms with Gasteiger partial charge >= 0.3 is 0 Å². The van der Waals surface area contributed by atoms with Crippen LogP contribution in [0.25, 0.3) is 0 Å². The van der Waals surface area contributed by atoms with Gasteiger partial charge in [0.15, 0.2) is 0 Å². The van der Waals surface area contributed by atoms with Crippen LogP contribution in [0.1, 0.15) is 45.1 Å². The normalized spacial score (nSPS) is 23.8. The van der Waals surface area contributed by atoms with E-state index in [1.54, 1.807) is 0 Å². The predicted molar refractivity (Wildman–Crippen MR) is 127 cm³/mol. The van der Waals surface area contributed by atoms with Gasteiger partial charge in [-0.1, -0.05) is 30.4 Å². The molecule has 0 amide bonds. The molecule has 154 valence electrons. The summed E-state index contributed by atoms with van der Waals surface area (Å²) in [7, 11) is 2.31. The maximum Gasteiger partial charge on any atom is 0.109 e. The number of thiocarbonyl (C=S) groups is 1. The Morgan fingerprint density at radius 1 is 0.897 bits per heavy atom. The van der Waals surface area contributed by atoms with Crippen LogP contribution in [0.4, 0.5) is 11.4 Å². The van der Waals surface area contributed by atoms with Gasteiger partial charge in [-0.05, 0) is 83.0 Å². The highest BCUT2D eigenvalue weighted by atomic mass is 32.1. The molecule has 0 N–H and O–H groups in total. The Bertz CT molecular complexity index is 802. The first-order valence-electron chi connectivity index (χ1n) is 11.1. The Morgan fingerprint density at radius 3 is 2.00 bits per heavy atom. The summed E-state index contributed by atoms with van der Waals surface area (Å²) in [5.74, 6) is 0. The first-order valence-corrected chi connectivity index (χ1v) is 11.5.